The third-order valence-corrected chi connectivity index (χ3v) is 3.60. The number of nitrogens with zero attached hydrogens (tertiary/aromatic N) is 1. The Hall–Kier alpha value is -1.02. The number of anilines is 1. The van der Waals surface area contributed by atoms with Gasteiger partial charge in [0.05, 0.1) is 0 Å². The van der Waals surface area contributed by atoms with E-state index in [2.05, 4.69) is 56.1 Å². The monoisotopic (exact) mass is 218 g/mol. The predicted molar refractivity (Wildman–Crippen MR) is 70.2 cm³/mol. The smallest absolute Gasteiger partial charge is 0.0470 e. The van der Waals surface area contributed by atoms with Crippen molar-refractivity contribution in [1.29, 1.82) is 0 Å². The van der Waals surface area contributed by atoms with Crippen molar-refractivity contribution < 1.29 is 0 Å². The van der Waals surface area contributed by atoms with Crippen molar-refractivity contribution in [3.63, 3.8) is 0 Å². The molecule has 1 aromatic rings. The highest BCUT2D eigenvalue weighted by atomic mass is 15.3. The van der Waals surface area contributed by atoms with E-state index in [0.717, 1.165) is 19.6 Å². The highest BCUT2D eigenvalue weighted by Gasteiger charge is 2.29. The topological polar surface area (TPSA) is 15.3 Å². The molecule has 2 heteroatoms. The van der Waals surface area contributed by atoms with Crippen molar-refractivity contribution in [2.24, 2.45) is 0 Å². The van der Waals surface area contributed by atoms with E-state index < -0.39 is 0 Å². The van der Waals surface area contributed by atoms with Crippen molar-refractivity contribution in [3.8, 4) is 0 Å². The third kappa shape index (κ3) is 2.07. The molecular formula is C14H22N2. The van der Waals surface area contributed by atoms with E-state index in [-0.39, 0.29) is 5.54 Å². The molecule has 0 atom stereocenters. The molecule has 1 heterocycles. The first kappa shape index (κ1) is 11.5. The molecule has 1 aliphatic rings. The van der Waals surface area contributed by atoms with Gasteiger partial charge in [0.15, 0.2) is 0 Å². The molecule has 88 valence electrons. The Labute approximate surface area is 98.7 Å². The Kier molecular flexibility index (Phi) is 2.94. The van der Waals surface area contributed by atoms with E-state index in [1.165, 1.54) is 16.8 Å². The van der Waals surface area contributed by atoms with Crippen LogP contribution >= 0.6 is 0 Å². The van der Waals surface area contributed by atoms with Crippen LogP contribution in [0.1, 0.15) is 25.0 Å². The minimum atomic E-state index is 0.208. The minimum Gasteiger partial charge on any atom is -0.364 e. The van der Waals surface area contributed by atoms with Crippen LogP contribution in [-0.4, -0.2) is 25.2 Å². The Morgan fingerprint density at radius 3 is 2.56 bits per heavy atom. The standard InChI is InChI=1S/C14H22N2/c1-11-5-6-13(9-12(11)2)16-8-7-15-10-14(16,3)4/h5-6,9,15H,7-8,10H2,1-4H3. The Bertz CT molecular complexity index is 382. The van der Waals surface area contributed by atoms with Gasteiger partial charge in [0.25, 0.3) is 0 Å². The fraction of sp³-hybridized carbons (Fsp3) is 0.571. The maximum atomic E-state index is 3.46. The second kappa shape index (κ2) is 4.10. The van der Waals surface area contributed by atoms with Crippen LogP contribution in [0.15, 0.2) is 18.2 Å². The Balaban J connectivity index is 2.31. The molecule has 0 aliphatic carbocycles. The van der Waals surface area contributed by atoms with Crippen LogP contribution < -0.4 is 10.2 Å². The molecule has 0 amide bonds. The lowest BCUT2D eigenvalue weighted by Gasteiger charge is -2.44. The minimum absolute atomic E-state index is 0.208. The molecular weight excluding hydrogens is 196 g/mol. The summed E-state index contributed by atoms with van der Waals surface area (Å²) >= 11 is 0. The van der Waals surface area contributed by atoms with Crippen LogP contribution in [0.4, 0.5) is 5.69 Å². The summed E-state index contributed by atoms with van der Waals surface area (Å²) in [4.78, 5) is 2.51. The third-order valence-electron chi connectivity index (χ3n) is 3.60. The van der Waals surface area contributed by atoms with Crippen molar-refractivity contribution >= 4 is 5.69 Å². The van der Waals surface area contributed by atoms with Crippen LogP contribution in [0.5, 0.6) is 0 Å². The van der Waals surface area contributed by atoms with Crippen LogP contribution in [0.3, 0.4) is 0 Å². The molecule has 1 fully saturated rings. The molecule has 0 bridgehead atoms. The summed E-state index contributed by atoms with van der Waals surface area (Å²) in [6, 6.07) is 6.78. The summed E-state index contributed by atoms with van der Waals surface area (Å²) in [6.07, 6.45) is 0. The fourth-order valence-corrected chi connectivity index (χ4v) is 2.36. The van der Waals surface area contributed by atoms with Gasteiger partial charge in [-0.15, -0.1) is 0 Å². The van der Waals surface area contributed by atoms with Gasteiger partial charge in [0.2, 0.25) is 0 Å². The number of aryl methyl sites for hydroxylation is 2. The first-order valence-electron chi connectivity index (χ1n) is 6.06. The molecule has 0 radical (unpaired) electrons. The van der Waals surface area contributed by atoms with Crippen LogP contribution in [0.2, 0.25) is 0 Å². The van der Waals surface area contributed by atoms with E-state index in [1.54, 1.807) is 0 Å². The molecule has 0 spiro atoms. The lowest BCUT2D eigenvalue weighted by atomic mass is 9.98. The van der Waals surface area contributed by atoms with E-state index in [0.29, 0.717) is 0 Å². The van der Waals surface area contributed by atoms with E-state index in [4.69, 9.17) is 0 Å². The molecule has 0 aromatic heterocycles. The first-order valence-corrected chi connectivity index (χ1v) is 6.06. The van der Waals surface area contributed by atoms with Crippen molar-refractivity contribution in [2.75, 3.05) is 24.5 Å². The van der Waals surface area contributed by atoms with Crippen molar-refractivity contribution in [1.82, 2.24) is 5.32 Å². The second-order valence-corrected chi connectivity index (χ2v) is 5.41. The number of hydrogen-bond donors (Lipinski definition) is 1. The van der Waals surface area contributed by atoms with Crippen LogP contribution in [0.25, 0.3) is 0 Å². The maximum Gasteiger partial charge on any atom is 0.0470 e. The summed E-state index contributed by atoms with van der Waals surface area (Å²) in [5.74, 6) is 0. The Morgan fingerprint density at radius 1 is 1.19 bits per heavy atom. The van der Waals surface area contributed by atoms with Gasteiger partial charge < -0.3 is 10.2 Å². The number of hydrogen-bond acceptors (Lipinski definition) is 2. The summed E-state index contributed by atoms with van der Waals surface area (Å²) in [5, 5.41) is 3.46. The van der Waals surface area contributed by atoms with Crippen molar-refractivity contribution in [3.05, 3.63) is 29.3 Å². The molecule has 16 heavy (non-hydrogen) atoms. The molecule has 1 aliphatic heterocycles. The Morgan fingerprint density at radius 2 is 1.94 bits per heavy atom. The zero-order valence-corrected chi connectivity index (χ0v) is 10.8. The average molecular weight is 218 g/mol. The molecule has 0 unspecified atom stereocenters. The normalized spacial score (nSPS) is 19.9. The molecule has 1 saturated heterocycles. The molecule has 2 rings (SSSR count). The number of nitrogens with one attached hydrogen (secondary N) is 1. The molecule has 1 N–H and O–H groups in total. The number of benzene rings is 1. The van der Waals surface area contributed by atoms with Gasteiger partial charge in [0, 0.05) is 30.9 Å². The van der Waals surface area contributed by atoms with Crippen LogP contribution in [-0.2, 0) is 0 Å². The summed E-state index contributed by atoms with van der Waals surface area (Å²) in [7, 11) is 0. The largest absolute Gasteiger partial charge is 0.364 e. The van der Waals surface area contributed by atoms with Gasteiger partial charge in [-0.3, -0.25) is 0 Å². The zero-order valence-electron chi connectivity index (χ0n) is 10.8. The van der Waals surface area contributed by atoms with E-state index in [1.807, 2.05) is 0 Å². The highest BCUT2D eigenvalue weighted by Crippen LogP contribution is 2.26. The summed E-state index contributed by atoms with van der Waals surface area (Å²) in [5.41, 5.74) is 4.32. The quantitative estimate of drug-likeness (QED) is 0.779. The van der Waals surface area contributed by atoms with Gasteiger partial charge in [-0.1, -0.05) is 6.07 Å². The van der Waals surface area contributed by atoms with E-state index >= 15 is 0 Å². The number of rotatable bonds is 1. The second-order valence-electron chi connectivity index (χ2n) is 5.41. The van der Waals surface area contributed by atoms with Gasteiger partial charge in [0.1, 0.15) is 0 Å². The lowest BCUT2D eigenvalue weighted by molar-refractivity contribution is 0.380. The van der Waals surface area contributed by atoms with Crippen molar-refractivity contribution in [2.45, 2.75) is 33.2 Å². The van der Waals surface area contributed by atoms with Gasteiger partial charge in [-0.25, -0.2) is 0 Å². The number of piperazine rings is 1. The van der Waals surface area contributed by atoms with Gasteiger partial charge >= 0.3 is 0 Å². The predicted octanol–water partition coefficient (Wildman–Crippen LogP) is 2.49. The molecule has 2 nitrogen and oxygen atoms in total. The average Bonchev–Trinajstić information content (AvgIpc) is 2.22. The SMILES string of the molecule is Cc1ccc(N2CCNCC2(C)C)cc1C. The molecule has 0 saturated carbocycles. The lowest BCUT2D eigenvalue weighted by Crippen LogP contribution is -2.58. The highest BCUT2D eigenvalue weighted by molar-refractivity contribution is 5.53. The molecule has 1 aromatic carbocycles. The van der Waals surface area contributed by atoms with E-state index in [9.17, 15) is 0 Å². The van der Waals surface area contributed by atoms with Crippen LogP contribution in [0, 0.1) is 13.8 Å². The zero-order chi connectivity index (χ0) is 11.8. The summed E-state index contributed by atoms with van der Waals surface area (Å²) in [6.45, 7) is 12.2. The van der Waals surface area contributed by atoms with Gasteiger partial charge in [-0.2, -0.15) is 0 Å². The fourth-order valence-electron chi connectivity index (χ4n) is 2.36. The summed E-state index contributed by atoms with van der Waals surface area (Å²) < 4.78 is 0. The first-order chi connectivity index (χ1) is 7.50. The van der Waals surface area contributed by atoms with Gasteiger partial charge in [-0.05, 0) is 51.0 Å². The maximum absolute atomic E-state index is 3.46.